The standard InChI is InChI=1S/C16H14ClNO4/c17-12-8-4-7-11(9-12)13(14(19)16(21)22)18-15(20)10-5-2-1-3-6-10/h1-9,13-14,19H,(H,18,20)(H,21,22)/t13-,14-/m0/s1. The van der Waals surface area contributed by atoms with Crippen LogP contribution < -0.4 is 5.32 Å². The molecule has 114 valence electrons. The summed E-state index contributed by atoms with van der Waals surface area (Å²) in [4.78, 5) is 23.3. The molecule has 6 heteroatoms. The topological polar surface area (TPSA) is 86.6 Å². The number of amides is 1. The molecule has 0 unspecified atom stereocenters. The van der Waals surface area contributed by atoms with Gasteiger partial charge in [0, 0.05) is 10.6 Å². The molecule has 2 aromatic rings. The minimum atomic E-state index is -1.79. The van der Waals surface area contributed by atoms with Gasteiger partial charge in [0.2, 0.25) is 0 Å². The van der Waals surface area contributed by atoms with E-state index in [4.69, 9.17) is 16.7 Å². The van der Waals surface area contributed by atoms with Crippen molar-refractivity contribution in [1.29, 1.82) is 0 Å². The second-order valence-electron chi connectivity index (χ2n) is 4.66. The molecule has 0 saturated carbocycles. The van der Waals surface area contributed by atoms with E-state index >= 15 is 0 Å². The third-order valence-corrected chi connectivity index (χ3v) is 3.33. The van der Waals surface area contributed by atoms with Gasteiger partial charge in [0.25, 0.3) is 5.91 Å². The van der Waals surface area contributed by atoms with Crippen molar-refractivity contribution < 1.29 is 19.8 Å². The molecular formula is C16H14ClNO4. The molecule has 2 rings (SSSR count). The third-order valence-electron chi connectivity index (χ3n) is 3.10. The number of benzene rings is 2. The van der Waals surface area contributed by atoms with E-state index in [-0.39, 0.29) is 0 Å². The van der Waals surface area contributed by atoms with Crippen molar-refractivity contribution in [2.45, 2.75) is 12.1 Å². The summed E-state index contributed by atoms with van der Waals surface area (Å²) < 4.78 is 0. The van der Waals surface area contributed by atoms with Crippen LogP contribution in [0, 0.1) is 0 Å². The van der Waals surface area contributed by atoms with Crippen LogP contribution in [0.5, 0.6) is 0 Å². The normalized spacial score (nSPS) is 13.2. The van der Waals surface area contributed by atoms with Gasteiger partial charge in [-0.25, -0.2) is 4.79 Å². The predicted molar refractivity (Wildman–Crippen MR) is 81.7 cm³/mol. The number of carboxylic acid groups (broad SMARTS) is 1. The molecule has 2 aromatic carbocycles. The lowest BCUT2D eigenvalue weighted by Crippen LogP contribution is -2.40. The number of halogens is 1. The average molecular weight is 320 g/mol. The fourth-order valence-electron chi connectivity index (χ4n) is 2.00. The lowest BCUT2D eigenvalue weighted by atomic mass is 10.0. The molecule has 22 heavy (non-hydrogen) atoms. The summed E-state index contributed by atoms with van der Waals surface area (Å²) in [6.45, 7) is 0. The SMILES string of the molecule is O=C(N[C@@H](c1cccc(Cl)c1)[C@H](O)C(=O)O)c1ccccc1. The van der Waals surface area contributed by atoms with Crippen molar-refractivity contribution in [3.63, 3.8) is 0 Å². The van der Waals surface area contributed by atoms with Gasteiger partial charge < -0.3 is 15.5 Å². The maximum atomic E-state index is 12.2. The molecule has 0 heterocycles. The first-order valence-electron chi connectivity index (χ1n) is 6.51. The molecular weight excluding hydrogens is 306 g/mol. The number of nitrogens with one attached hydrogen (secondary N) is 1. The number of aliphatic hydroxyl groups excluding tert-OH is 1. The maximum absolute atomic E-state index is 12.2. The summed E-state index contributed by atoms with van der Waals surface area (Å²) in [5.41, 5.74) is 0.777. The third kappa shape index (κ3) is 3.84. The summed E-state index contributed by atoms with van der Waals surface area (Å²) in [6.07, 6.45) is -1.79. The largest absolute Gasteiger partial charge is 0.479 e. The first-order valence-corrected chi connectivity index (χ1v) is 6.89. The van der Waals surface area contributed by atoms with Crippen molar-refractivity contribution in [3.05, 3.63) is 70.7 Å². The fourth-order valence-corrected chi connectivity index (χ4v) is 2.20. The number of carboxylic acids is 1. The van der Waals surface area contributed by atoms with Crippen LogP contribution in [0.4, 0.5) is 0 Å². The van der Waals surface area contributed by atoms with E-state index in [0.29, 0.717) is 16.1 Å². The highest BCUT2D eigenvalue weighted by atomic mass is 35.5. The fraction of sp³-hybridized carbons (Fsp3) is 0.125. The Bertz CT molecular complexity index is 675. The summed E-state index contributed by atoms with van der Waals surface area (Å²) in [6, 6.07) is 13.6. The van der Waals surface area contributed by atoms with E-state index in [1.54, 1.807) is 48.5 Å². The minimum absolute atomic E-state index is 0.368. The molecule has 3 N–H and O–H groups in total. The molecule has 0 spiro atoms. The molecule has 1 amide bonds. The van der Waals surface area contributed by atoms with Crippen LogP contribution in [-0.2, 0) is 4.79 Å². The molecule has 0 radical (unpaired) electrons. The molecule has 0 saturated heterocycles. The molecule has 0 aromatic heterocycles. The Labute approximate surface area is 132 Å². The van der Waals surface area contributed by atoms with E-state index in [0.717, 1.165) is 0 Å². The first-order chi connectivity index (χ1) is 10.5. The van der Waals surface area contributed by atoms with Crippen molar-refractivity contribution in [2.24, 2.45) is 0 Å². The van der Waals surface area contributed by atoms with Gasteiger partial charge in [-0.2, -0.15) is 0 Å². The number of aliphatic carboxylic acids is 1. The number of rotatable bonds is 5. The zero-order valence-corrected chi connectivity index (χ0v) is 12.2. The molecule has 0 aliphatic heterocycles. The molecule has 0 aliphatic rings. The smallest absolute Gasteiger partial charge is 0.335 e. The number of hydrogen-bond donors (Lipinski definition) is 3. The van der Waals surface area contributed by atoms with Crippen LogP contribution in [0.2, 0.25) is 5.02 Å². The lowest BCUT2D eigenvalue weighted by Gasteiger charge is -2.22. The van der Waals surface area contributed by atoms with Gasteiger partial charge in [0.15, 0.2) is 6.10 Å². The van der Waals surface area contributed by atoms with Crippen LogP contribution in [0.3, 0.4) is 0 Å². The number of hydrogen-bond acceptors (Lipinski definition) is 3. The molecule has 0 bridgehead atoms. The van der Waals surface area contributed by atoms with Gasteiger partial charge in [-0.05, 0) is 29.8 Å². The summed E-state index contributed by atoms with van der Waals surface area (Å²) >= 11 is 5.88. The Balaban J connectivity index is 2.29. The van der Waals surface area contributed by atoms with Gasteiger partial charge in [-0.15, -0.1) is 0 Å². The van der Waals surface area contributed by atoms with Crippen LogP contribution in [0.1, 0.15) is 22.0 Å². The maximum Gasteiger partial charge on any atom is 0.335 e. The Morgan fingerprint density at radius 2 is 1.73 bits per heavy atom. The van der Waals surface area contributed by atoms with Gasteiger partial charge in [0.05, 0.1) is 6.04 Å². The first kappa shape index (κ1) is 16.0. The van der Waals surface area contributed by atoms with Crippen LogP contribution in [-0.4, -0.2) is 28.2 Å². The quantitative estimate of drug-likeness (QED) is 0.789. The highest BCUT2D eigenvalue weighted by molar-refractivity contribution is 6.30. The second-order valence-corrected chi connectivity index (χ2v) is 5.09. The average Bonchev–Trinajstić information content (AvgIpc) is 2.52. The highest BCUT2D eigenvalue weighted by Crippen LogP contribution is 2.21. The zero-order valence-electron chi connectivity index (χ0n) is 11.4. The van der Waals surface area contributed by atoms with E-state index < -0.39 is 24.0 Å². The Morgan fingerprint density at radius 1 is 1.05 bits per heavy atom. The van der Waals surface area contributed by atoms with Gasteiger partial charge in [-0.1, -0.05) is 41.9 Å². The summed E-state index contributed by atoms with van der Waals surface area (Å²) in [5, 5.41) is 21.8. The second kappa shape index (κ2) is 7.06. The monoisotopic (exact) mass is 319 g/mol. The number of aliphatic hydroxyl groups is 1. The minimum Gasteiger partial charge on any atom is -0.479 e. The van der Waals surface area contributed by atoms with Gasteiger partial charge in [-0.3, -0.25) is 4.79 Å². The van der Waals surface area contributed by atoms with Crippen molar-refractivity contribution >= 4 is 23.5 Å². The number of carbonyl (C=O) groups is 2. The van der Waals surface area contributed by atoms with E-state index in [1.165, 1.54) is 6.07 Å². The van der Waals surface area contributed by atoms with Crippen LogP contribution in [0.15, 0.2) is 54.6 Å². The summed E-state index contributed by atoms with van der Waals surface area (Å²) in [7, 11) is 0. The summed E-state index contributed by atoms with van der Waals surface area (Å²) in [5.74, 6) is -1.91. The Morgan fingerprint density at radius 3 is 2.32 bits per heavy atom. The van der Waals surface area contributed by atoms with Crippen molar-refractivity contribution in [3.8, 4) is 0 Å². The zero-order chi connectivity index (χ0) is 16.1. The van der Waals surface area contributed by atoms with Crippen LogP contribution >= 0.6 is 11.6 Å². The predicted octanol–water partition coefficient (Wildman–Crippen LogP) is 2.26. The lowest BCUT2D eigenvalue weighted by molar-refractivity contribution is -0.148. The molecule has 5 nitrogen and oxygen atoms in total. The highest BCUT2D eigenvalue weighted by Gasteiger charge is 2.29. The molecule has 0 aliphatic carbocycles. The molecule has 2 atom stereocenters. The number of carbonyl (C=O) groups excluding carboxylic acids is 1. The molecule has 0 fully saturated rings. The van der Waals surface area contributed by atoms with E-state index in [2.05, 4.69) is 5.32 Å². The van der Waals surface area contributed by atoms with Crippen LogP contribution in [0.25, 0.3) is 0 Å². The van der Waals surface area contributed by atoms with Gasteiger partial charge in [0.1, 0.15) is 0 Å². The Kier molecular flexibility index (Phi) is 5.14. The van der Waals surface area contributed by atoms with Crippen molar-refractivity contribution in [1.82, 2.24) is 5.32 Å². The van der Waals surface area contributed by atoms with Crippen molar-refractivity contribution in [2.75, 3.05) is 0 Å². The van der Waals surface area contributed by atoms with E-state index in [9.17, 15) is 14.7 Å². The van der Waals surface area contributed by atoms with Gasteiger partial charge >= 0.3 is 5.97 Å². The van der Waals surface area contributed by atoms with E-state index in [1.807, 2.05) is 0 Å². The Hall–Kier alpha value is -2.37.